The van der Waals surface area contributed by atoms with Gasteiger partial charge in [0.05, 0.1) is 6.54 Å². The summed E-state index contributed by atoms with van der Waals surface area (Å²) in [4.78, 5) is 34.5. The van der Waals surface area contributed by atoms with E-state index in [1.807, 2.05) is 6.07 Å². The van der Waals surface area contributed by atoms with Crippen LogP contribution in [0.3, 0.4) is 0 Å². The molecule has 0 saturated heterocycles. The summed E-state index contributed by atoms with van der Waals surface area (Å²) in [6, 6.07) is 8.23. The van der Waals surface area contributed by atoms with Gasteiger partial charge in [-0.25, -0.2) is 9.59 Å². The van der Waals surface area contributed by atoms with Crippen LogP contribution in [0.5, 0.6) is 0 Å². The Kier molecular flexibility index (Phi) is 8.09. The third kappa shape index (κ3) is 6.31. The number of hydrogen-bond acceptors (Lipinski definition) is 5. The van der Waals surface area contributed by atoms with Crippen molar-refractivity contribution in [3.63, 3.8) is 0 Å². The molecule has 7 nitrogen and oxygen atoms in total. The second-order valence-electron chi connectivity index (χ2n) is 4.61. The van der Waals surface area contributed by atoms with E-state index in [4.69, 9.17) is 9.84 Å². The number of carboxylic acid groups (broad SMARTS) is 1. The molecule has 1 atom stereocenters. The molecule has 0 heterocycles. The van der Waals surface area contributed by atoms with Crippen LogP contribution in [0.25, 0.3) is 0 Å². The molecule has 0 aliphatic carbocycles. The van der Waals surface area contributed by atoms with Gasteiger partial charge in [0.15, 0.2) is 0 Å². The molecule has 1 unspecified atom stereocenters. The number of carbonyl (C=O) groups is 3. The number of nitrogens with zero attached hydrogens (tertiary/aromatic N) is 1. The van der Waals surface area contributed by atoms with E-state index in [-0.39, 0.29) is 26.2 Å². The molecular weight excluding hydrogens is 300 g/mol. The number of aldehydes is 1. The minimum absolute atomic E-state index is 0.0755. The van der Waals surface area contributed by atoms with Crippen molar-refractivity contribution in [1.29, 1.82) is 0 Å². The molecule has 0 bridgehead atoms. The van der Waals surface area contributed by atoms with Gasteiger partial charge in [-0.2, -0.15) is 0 Å². The highest BCUT2D eigenvalue weighted by Crippen LogP contribution is 2.14. The molecule has 1 rings (SSSR count). The monoisotopic (exact) mass is 320 g/mol. The van der Waals surface area contributed by atoms with E-state index in [2.05, 4.69) is 11.9 Å². The van der Waals surface area contributed by atoms with E-state index in [0.717, 1.165) is 4.90 Å². The highest BCUT2D eigenvalue weighted by atomic mass is 16.5. The van der Waals surface area contributed by atoms with Crippen molar-refractivity contribution in [1.82, 2.24) is 10.2 Å². The van der Waals surface area contributed by atoms with Crippen LogP contribution in [-0.2, 0) is 14.3 Å². The Bertz CT molecular complexity index is 533. The zero-order chi connectivity index (χ0) is 17.1. The van der Waals surface area contributed by atoms with Gasteiger partial charge in [-0.05, 0) is 5.56 Å². The molecule has 1 amide bonds. The van der Waals surface area contributed by atoms with Crippen molar-refractivity contribution in [2.45, 2.75) is 6.04 Å². The van der Waals surface area contributed by atoms with Crippen LogP contribution in [0, 0.1) is 0 Å². The molecule has 0 aromatic heterocycles. The van der Waals surface area contributed by atoms with Crippen molar-refractivity contribution < 1.29 is 24.2 Å². The van der Waals surface area contributed by atoms with Gasteiger partial charge in [0.25, 0.3) is 0 Å². The first-order valence-electron chi connectivity index (χ1n) is 7.07. The van der Waals surface area contributed by atoms with Crippen molar-refractivity contribution in [2.24, 2.45) is 0 Å². The predicted octanol–water partition coefficient (Wildman–Crippen LogP) is 1.23. The van der Waals surface area contributed by atoms with Crippen molar-refractivity contribution in [3.8, 4) is 0 Å². The van der Waals surface area contributed by atoms with Crippen molar-refractivity contribution in [2.75, 3.05) is 26.2 Å². The van der Waals surface area contributed by atoms with E-state index >= 15 is 0 Å². The molecule has 124 valence electrons. The van der Waals surface area contributed by atoms with Crippen LogP contribution in [0.1, 0.15) is 11.6 Å². The Morgan fingerprint density at radius 2 is 2.04 bits per heavy atom. The van der Waals surface area contributed by atoms with Crippen LogP contribution < -0.4 is 5.32 Å². The lowest BCUT2D eigenvalue weighted by Crippen LogP contribution is -2.40. The van der Waals surface area contributed by atoms with Gasteiger partial charge >= 0.3 is 12.1 Å². The molecule has 23 heavy (non-hydrogen) atoms. The second-order valence-corrected chi connectivity index (χ2v) is 4.61. The van der Waals surface area contributed by atoms with Gasteiger partial charge in [-0.3, -0.25) is 5.32 Å². The fourth-order valence-corrected chi connectivity index (χ4v) is 1.91. The van der Waals surface area contributed by atoms with Crippen molar-refractivity contribution >= 4 is 18.3 Å². The first-order valence-corrected chi connectivity index (χ1v) is 7.07. The van der Waals surface area contributed by atoms with Gasteiger partial charge in [0, 0.05) is 13.1 Å². The zero-order valence-electron chi connectivity index (χ0n) is 12.7. The van der Waals surface area contributed by atoms with E-state index in [9.17, 15) is 14.4 Å². The summed E-state index contributed by atoms with van der Waals surface area (Å²) in [7, 11) is 0. The van der Waals surface area contributed by atoms with Gasteiger partial charge in [-0.1, -0.05) is 43.0 Å². The SMILES string of the molecule is C=CCOC(=O)C(NCCN(CC=O)C(=O)O)c1ccccc1. The van der Waals surface area contributed by atoms with E-state index in [0.29, 0.717) is 11.8 Å². The fraction of sp³-hybridized carbons (Fsp3) is 0.312. The Hall–Kier alpha value is -2.67. The molecule has 1 aromatic carbocycles. The van der Waals surface area contributed by atoms with Crippen LogP contribution in [0.4, 0.5) is 4.79 Å². The second kappa shape index (κ2) is 10.1. The van der Waals surface area contributed by atoms with Gasteiger partial charge in [0.2, 0.25) is 0 Å². The number of amides is 1. The standard InChI is InChI=1S/C16H20N2O5/c1-2-12-23-15(20)14(13-6-4-3-5-7-13)17-8-9-18(10-11-19)16(21)22/h2-7,11,14,17H,1,8-10,12H2,(H,21,22). The lowest BCUT2D eigenvalue weighted by atomic mass is 10.1. The maximum Gasteiger partial charge on any atom is 0.407 e. The molecule has 0 spiro atoms. The molecule has 0 aliphatic heterocycles. The van der Waals surface area contributed by atoms with E-state index in [1.54, 1.807) is 24.3 Å². The molecule has 7 heteroatoms. The molecular formula is C16H20N2O5. The molecule has 0 aliphatic rings. The van der Waals surface area contributed by atoms with E-state index < -0.39 is 18.1 Å². The summed E-state index contributed by atoms with van der Waals surface area (Å²) < 4.78 is 5.05. The minimum atomic E-state index is -1.19. The van der Waals surface area contributed by atoms with E-state index in [1.165, 1.54) is 6.08 Å². The smallest absolute Gasteiger partial charge is 0.407 e. The Balaban J connectivity index is 2.69. The van der Waals surface area contributed by atoms with Gasteiger partial charge in [0.1, 0.15) is 18.9 Å². The Morgan fingerprint density at radius 3 is 2.61 bits per heavy atom. The summed E-state index contributed by atoms with van der Waals surface area (Å²) in [5.41, 5.74) is 0.707. The van der Waals surface area contributed by atoms with Gasteiger partial charge < -0.3 is 19.5 Å². The topological polar surface area (TPSA) is 95.9 Å². The van der Waals surface area contributed by atoms with Crippen LogP contribution in [0.2, 0.25) is 0 Å². The Morgan fingerprint density at radius 1 is 1.35 bits per heavy atom. The third-order valence-electron chi connectivity index (χ3n) is 3.01. The Labute approximate surface area is 134 Å². The molecule has 0 radical (unpaired) electrons. The average Bonchev–Trinajstić information content (AvgIpc) is 2.56. The summed E-state index contributed by atoms with van der Waals surface area (Å²) in [5, 5.41) is 11.9. The van der Waals surface area contributed by atoms with Gasteiger partial charge in [-0.15, -0.1) is 0 Å². The first-order chi connectivity index (χ1) is 11.1. The summed E-state index contributed by atoms with van der Waals surface area (Å²) in [5.74, 6) is -0.478. The maximum atomic E-state index is 12.1. The van der Waals surface area contributed by atoms with Crippen LogP contribution in [-0.4, -0.2) is 54.6 Å². The predicted molar refractivity (Wildman–Crippen MR) is 84.0 cm³/mol. The highest BCUT2D eigenvalue weighted by Gasteiger charge is 2.21. The minimum Gasteiger partial charge on any atom is -0.465 e. The normalized spacial score (nSPS) is 11.3. The number of nitrogens with one attached hydrogen (secondary N) is 1. The number of rotatable bonds is 10. The highest BCUT2D eigenvalue weighted by molar-refractivity contribution is 5.77. The molecule has 1 aromatic rings. The lowest BCUT2D eigenvalue weighted by Gasteiger charge is -2.20. The summed E-state index contributed by atoms with van der Waals surface area (Å²) >= 11 is 0. The summed E-state index contributed by atoms with van der Waals surface area (Å²) in [6.45, 7) is 3.64. The molecule has 0 saturated carbocycles. The average molecular weight is 320 g/mol. The quantitative estimate of drug-likeness (QED) is 0.382. The number of ether oxygens (including phenoxy) is 1. The number of carbonyl (C=O) groups excluding carboxylic acids is 2. The maximum absolute atomic E-state index is 12.1. The molecule has 2 N–H and O–H groups in total. The largest absolute Gasteiger partial charge is 0.465 e. The fourth-order valence-electron chi connectivity index (χ4n) is 1.91. The number of esters is 1. The van der Waals surface area contributed by atoms with Crippen LogP contribution in [0.15, 0.2) is 43.0 Å². The van der Waals surface area contributed by atoms with Crippen LogP contribution >= 0.6 is 0 Å². The zero-order valence-corrected chi connectivity index (χ0v) is 12.7. The number of benzene rings is 1. The first kappa shape index (κ1) is 18.4. The number of hydrogen-bond donors (Lipinski definition) is 2. The molecule has 0 fully saturated rings. The lowest BCUT2D eigenvalue weighted by molar-refractivity contribution is -0.145. The third-order valence-corrected chi connectivity index (χ3v) is 3.01. The van der Waals surface area contributed by atoms with Crippen molar-refractivity contribution in [3.05, 3.63) is 48.6 Å². The summed E-state index contributed by atoms with van der Waals surface area (Å²) in [6.07, 6.45) is 0.793.